The second-order valence-corrected chi connectivity index (χ2v) is 3.43. The average Bonchev–Trinajstić information content (AvgIpc) is 2.30. The van der Waals surface area contributed by atoms with E-state index in [0.29, 0.717) is 0 Å². The van der Waals surface area contributed by atoms with Gasteiger partial charge in [0.25, 0.3) is 0 Å². The first kappa shape index (κ1) is 11.8. The van der Waals surface area contributed by atoms with E-state index in [1.54, 1.807) is 7.11 Å². The van der Waals surface area contributed by atoms with Crippen LogP contribution in [-0.2, 0) is 6.42 Å². The maximum Gasteiger partial charge on any atom is 0.118 e. The number of hydrogen-bond acceptors (Lipinski definition) is 2. The predicted octanol–water partition coefficient (Wildman–Crippen LogP) is 2.40. The third-order valence-electron chi connectivity index (χ3n) is 2.27. The van der Waals surface area contributed by atoms with Crippen LogP contribution < -0.4 is 10.1 Å². The van der Waals surface area contributed by atoms with Crippen LogP contribution in [0.15, 0.2) is 36.9 Å². The highest BCUT2D eigenvalue weighted by Crippen LogP contribution is 2.11. The summed E-state index contributed by atoms with van der Waals surface area (Å²) in [6, 6.07) is 8.21. The maximum absolute atomic E-state index is 5.10. The minimum Gasteiger partial charge on any atom is -0.497 e. The SMILES string of the molecule is C=CCCNCCc1ccc(OC)cc1. The van der Waals surface area contributed by atoms with Crippen molar-refractivity contribution in [3.8, 4) is 5.75 Å². The molecule has 0 radical (unpaired) electrons. The van der Waals surface area contributed by atoms with Crippen LogP contribution in [0.5, 0.6) is 5.75 Å². The van der Waals surface area contributed by atoms with Crippen molar-refractivity contribution in [2.75, 3.05) is 20.2 Å². The quantitative estimate of drug-likeness (QED) is 0.545. The second kappa shape index (κ2) is 7.07. The fraction of sp³-hybridized carbons (Fsp3) is 0.385. The molecular weight excluding hydrogens is 186 g/mol. The summed E-state index contributed by atoms with van der Waals surface area (Å²) in [6.07, 6.45) is 4.02. The van der Waals surface area contributed by atoms with E-state index in [4.69, 9.17) is 4.74 Å². The molecule has 1 rings (SSSR count). The minimum absolute atomic E-state index is 0.915. The zero-order valence-corrected chi connectivity index (χ0v) is 9.33. The Labute approximate surface area is 92.0 Å². The van der Waals surface area contributed by atoms with Crippen LogP contribution in [0.4, 0.5) is 0 Å². The van der Waals surface area contributed by atoms with E-state index >= 15 is 0 Å². The van der Waals surface area contributed by atoms with E-state index in [1.165, 1.54) is 5.56 Å². The second-order valence-electron chi connectivity index (χ2n) is 3.43. The first-order valence-corrected chi connectivity index (χ1v) is 5.31. The Kier molecular flexibility index (Phi) is 5.56. The van der Waals surface area contributed by atoms with E-state index in [1.807, 2.05) is 18.2 Å². The molecule has 82 valence electrons. The van der Waals surface area contributed by atoms with Gasteiger partial charge in [0.1, 0.15) is 5.75 Å². The van der Waals surface area contributed by atoms with Crippen LogP contribution >= 0.6 is 0 Å². The van der Waals surface area contributed by atoms with Crippen LogP contribution in [-0.4, -0.2) is 20.2 Å². The van der Waals surface area contributed by atoms with Gasteiger partial charge in [0.2, 0.25) is 0 Å². The van der Waals surface area contributed by atoms with Crippen molar-refractivity contribution in [3.05, 3.63) is 42.5 Å². The molecule has 0 saturated carbocycles. The Morgan fingerprint density at radius 3 is 2.60 bits per heavy atom. The van der Waals surface area contributed by atoms with Gasteiger partial charge in [0.05, 0.1) is 7.11 Å². The molecule has 15 heavy (non-hydrogen) atoms. The van der Waals surface area contributed by atoms with Crippen molar-refractivity contribution < 1.29 is 4.74 Å². The summed E-state index contributed by atoms with van der Waals surface area (Å²) in [7, 11) is 1.69. The standard InChI is InChI=1S/C13H19NO/c1-3-4-10-14-11-9-12-5-7-13(15-2)8-6-12/h3,5-8,14H,1,4,9-11H2,2H3. The van der Waals surface area contributed by atoms with Crippen LogP contribution in [0, 0.1) is 0 Å². The molecule has 0 amide bonds. The molecule has 0 aliphatic rings. The number of rotatable bonds is 7. The predicted molar refractivity (Wildman–Crippen MR) is 64.4 cm³/mol. The summed E-state index contributed by atoms with van der Waals surface area (Å²) >= 11 is 0. The van der Waals surface area contributed by atoms with Gasteiger partial charge >= 0.3 is 0 Å². The van der Waals surface area contributed by atoms with Gasteiger partial charge in [-0.25, -0.2) is 0 Å². The highest BCUT2D eigenvalue weighted by molar-refractivity contribution is 5.27. The Morgan fingerprint density at radius 1 is 1.27 bits per heavy atom. The summed E-state index contributed by atoms with van der Waals surface area (Å²) in [6.45, 7) is 5.71. The van der Waals surface area contributed by atoms with Gasteiger partial charge < -0.3 is 10.1 Å². The van der Waals surface area contributed by atoms with Crippen molar-refractivity contribution in [3.63, 3.8) is 0 Å². The lowest BCUT2D eigenvalue weighted by Gasteiger charge is -2.04. The molecule has 0 spiro atoms. The van der Waals surface area contributed by atoms with Crippen molar-refractivity contribution in [2.24, 2.45) is 0 Å². The van der Waals surface area contributed by atoms with E-state index < -0.39 is 0 Å². The van der Waals surface area contributed by atoms with E-state index in [0.717, 1.165) is 31.7 Å². The molecule has 2 nitrogen and oxygen atoms in total. The van der Waals surface area contributed by atoms with Gasteiger partial charge in [-0.3, -0.25) is 0 Å². The molecule has 0 bridgehead atoms. The molecule has 0 aliphatic carbocycles. The Bertz CT molecular complexity index is 279. The average molecular weight is 205 g/mol. The summed E-state index contributed by atoms with van der Waals surface area (Å²) in [4.78, 5) is 0. The molecule has 0 aromatic heterocycles. The van der Waals surface area contributed by atoms with Gasteiger partial charge in [0.15, 0.2) is 0 Å². The Morgan fingerprint density at radius 2 is 2.00 bits per heavy atom. The van der Waals surface area contributed by atoms with Crippen LogP contribution in [0.3, 0.4) is 0 Å². The van der Waals surface area contributed by atoms with Crippen molar-refractivity contribution >= 4 is 0 Å². The van der Waals surface area contributed by atoms with Gasteiger partial charge in [-0.2, -0.15) is 0 Å². The first-order chi connectivity index (χ1) is 7.36. The van der Waals surface area contributed by atoms with Crippen molar-refractivity contribution in [1.82, 2.24) is 5.32 Å². The molecule has 0 heterocycles. The first-order valence-electron chi connectivity index (χ1n) is 5.31. The lowest BCUT2D eigenvalue weighted by atomic mass is 10.1. The van der Waals surface area contributed by atoms with E-state index in [-0.39, 0.29) is 0 Å². The molecule has 0 atom stereocenters. The highest BCUT2D eigenvalue weighted by Gasteiger charge is 1.93. The lowest BCUT2D eigenvalue weighted by molar-refractivity contribution is 0.414. The summed E-state index contributed by atoms with van der Waals surface area (Å²) < 4.78 is 5.10. The molecule has 0 saturated heterocycles. The molecule has 1 aromatic rings. The largest absolute Gasteiger partial charge is 0.497 e. The fourth-order valence-electron chi connectivity index (χ4n) is 1.35. The van der Waals surface area contributed by atoms with Crippen LogP contribution in [0.25, 0.3) is 0 Å². The van der Waals surface area contributed by atoms with Gasteiger partial charge in [0, 0.05) is 0 Å². The molecule has 0 unspecified atom stereocenters. The van der Waals surface area contributed by atoms with Crippen molar-refractivity contribution in [2.45, 2.75) is 12.8 Å². The summed E-state index contributed by atoms with van der Waals surface area (Å²) in [5.41, 5.74) is 1.34. The number of methoxy groups -OCH3 is 1. The monoisotopic (exact) mass is 205 g/mol. The van der Waals surface area contributed by atoms with Crippen LogP contribution in [0.1, 0.15) is 12.0 Å². The molecule has 1 aromatic carbocycles. The van der Waals surface area contributed by atoms with E-state index in [2.05, 4.69) is 24.0 Å². The third kappa shape index (κ3) is 4.66. The van der Waals surface area contributed by atoms with Gasteiger partial charge in [-0.15, -0.1) is 6.58 Å². The number of ether oxygens (including phenoxy) is 1. The molecule has 0 aliphatic heterocycles. The normalized spacial score (nSPS) is 9.93. The van der Waals surface area contributed by atoms with Gasteiger partial charge in [-0.1, -0.05) is 18.2 Å². The van der Waals surface area contributed by atoms with Gasteiger partial charge in [-0.05, 0) is 43.6 Å². The van der Waals surface area contributed by atoms with Crippen molar-refractivity contribution in [1.29, 1.82) is 0 Å². The topological polar surface area (TPSA) is 21.3 Å². The number of nitrogens with one attached hydrogen (secondary N) is 1. The lowest BCUT2D eigenvalue weighted by Crippen LogP contribution is -2.17. The fourth-order valence-corrected chi connectivity index (χ4v) is 1.35. The molecule has 2 heteroatoms. The zero-order chi connectivity index (χ0) is 10.9. The maximum atomic E-state index is 5.10. The number of hydrogen-bond donors (Lipinski definition) is 1. The summed E-state index contributed by atoms with van der Waals surface area (Å²) in [5, 5.41) is 3.36. The number of benzene rings is 1. The molecular formula is C13H19NO. The molecule has 1 N–H and O–H groups in total. The Balaban J connectivity index is 2.22. The van der Waals surface area contributed by atoms with E-state index in [9.17, 15) is 0 Å². The minimum atomic E-state index is 0.915. The summed E-state index contributed by atoms with van der Waals surface area (Å²) in [5.74, 6) is 0.915. The smallest absolute Gasteiger partial charge is 0.118 e. The third-order valence-corrected chi connectivity index (χ3v) is 2.27. The highest BCUT2D eigenvalue weighted by atomic mass is 16.5. The zero-order valence-electron chi connectivity index (χ0n) is 9.33. The Hall–Kier alpha value is -1.28. The molecule has 0 fully saturated rings. The van der Waals surface area contributed by atoms with Crippen LogP contribution in [0.2, 0.25) is 0 Å².